The van der Waals surface area contributed by atoms with Crippen molar-refractivity contribution >= 4 is 17.9 Å². The third-order valence-corrected chi connectivity index (χ3v) is 8.86. The lowest BCUT2D eigenvalue weighted by Gasteiger charge is -2.18. The smallest absolute Gasteiger partial charge is 0.306 e. The lowest BCUT2D eigenvalue weighted by atomic mass is 10.0. The van der Waals surface area contributed by atoms with Gasteiger partial charge in [-0.25, -0.2) is 0 Å². The molecule has 6 heteroatoms. The van der Waals surface area contributed by atoms with Crippen LogP contribution in [0.4, 0.5) is 0 Å². The van der Waals surface area contributed by atoms with Crippen LogP contribution in [0.15, 0.2) is 0 Å². The van der Waals surface area contributed by atoms with E-state index in [0.717, 1.165) is 64.2 Å². The highest BCUT2D eigenvalue weighted by molar-refractivity contribution is 5.71. The van der Waals surface area contributed by atoms with E-state index in [-0.39, 0.29) is 31.1 Å². The van der Waals surface area contributed by atoms with Crippen LogP contribution >= 0.6 is 0 Å². The van der Waals surface area contributed by atoms with Crippen molar-refractivity contribution in [1.82, 2.24) is 0 Å². The number of rotatable bonds is 36. The first-order chi connectivity index (χ1) is 22.5. The van der Waals surface area contributed by atoms with Crippen LogP contribution in [0.2, 0.25) is 0 Å². The summed E-state index contributed by atoms with van der Waals surface area (Å²) in [7, 11) is 0. The molecule has 0 aliphatic rings. The number of unbranched alkanes of at least 4 members (excludes halogenated alkanes) is 25. The molecule has 0 unspecified atom stereocenters. The third-order valence-electron chi connectivity index (χ3n) is 8.86. The first-order valence-electron chi connectivity index (χ1n) is 20.0. The van der Waals surface area contributed by atoms with Gasteiger partial charge in [0, 0.05) is 19.3 Å². The van der Waals surface area contributed by atoms with E-state index >= 15 is 0 Å². The Morgan fingerprint density at radius 1 is 0.348 bits per heavy atom. The van der Waals surface area contributed by atoms with Gasteiger partial charge in [-0.1, -0.05) is 181 Å². The minimum absolute atomic E-state index is 0.0647. The van der Waals surface area contributed by atoms with Crippen molar-refractivity contribution in [3.8, 4) is 0 Å². The monoisotopic (exact) mass is 653 g/mol. The molecule has 0 saturated carbocycles. The zero-order chi connectivity index (χ0) is 33.8. The molecule has 1 atom stereocenters. The summed E-state index contributed by atoms with van der Waals surface area (Å²) in [5.41, 5.74) is 0. The van der Waals surface area contributed by atoms with E-state index in [2.05, 4.69) is 20.8 Å². The van der Waals surface area contributed by atoms with Crippen molar-refractivity contribution in [2.24, 2.45) is 0 Å². The molecule has 0 aliphatic heterocycles. The second kappa shape index (κ2) is 36.2. The predicted octanol–water partition coefficient (Wildman–Crippen LogP) is 12.1. The van der Waals surface area contributed by atoms with Crippen LogP contribution in [0.5, 0.6) is 0 Å². The maximum atomic E-state index is 12.6. The SMILES string of the molecule is CCCCCCCCCCCCCCCC(=O)OC[C@@H](COC(=O)CCCCCCC)OC(=O)CCCCCCCCCCCC. The van der Waals surface area contributed by atoms with E-state index < -0.39 is 6.10 Å². The van der Waals surface area contributed by atoms with E-state index in [1.165, 1.54) is 116 Å². The van der Waals surface area contributed by atoms with Crippen LogP contribution in [-0.4, -0.2) is 37.2 Å². The fourth-order valence-electron chi connectivity index (χ4n) is 5.79. The van der Waals surface area contributed by atoms with Crippen LogP contribution in [0.25, 0.3) is 0 Å². The molecule has 272 valence electrons. The Balaban J connectivity index is 4.23. The largest absolute Gasteiger partial charge is 0.462 e. The van der Waals surface area contributed by atoms with Crippen LogP contribution < -0.4 is 0 Å². The molecule has 0 N–H and O–H groups in total. The number of carbonyl (C=O) groups is 3. The lowest BCUT2D eigenvalue weighted by molar-refractivity contribution is -0.167. The summed E-state index contributed by atoms with van der Waals surface area (Å²) in [6.45, 7) is 6.54. The summed E-state index contributed by atoms with van der Waals surface area (Å²) < 4.78 is 16.5. The Morgan fingerprint density at radius 3 is 0.870 bits per heavy atom. The van der Waals surface area contributed by atoms with Crippen LogP contribution in [0.1, 0.15) is 220 Å². The normalized spacial score (nSPS) is 11.8. The molecule has 0 saturated heterocycles. The van der Waals surface area contributed by atoms with Gasteiger partial charge in [0.25, 0.3) is 0 Å². The topological polar surface area (TPSA) is 78.9 Å². The van der Waals surface area contributed by atoms with Gasteiger partial charge in [-0.2, -0.15) is 0 Å². The van der Waals surface area contributed by atoms with Crippen molar-refractivity contribution in [1.29, 1.82) is 0 Å². The molecule has 0 aromatic carbocycles. The molecular weight excluding hydrogens is 576 g/mol. The third kappa shape index (κ3) is 33.8. The summed E-state index contributed by atoms with van der Waals surface area (Å²) in [5.74, 6) is -0.876. The molecule has 46 heavy (non-hydrogen) atoms. The van der Waals surface area contributed by atoms with Gasteiger partial charge in [0.1, 0.15) is 13.2 Å². The molecule has 0 aromatic heterocycles. The van der Waals surface area contributed by atoms with Gasteiger partial charge in [0.2, 0.25) is 0 Å². The average molecular weight is 653 g/mol. The number of hydrogen-bond donors (Lipinski definition) is 0. The van der Waals surface area contributed by atoms with Gasteiger partial charge < -0.3 is 14.2 Å². The van der Waals surface area contributed by atoms with Gasteiger partial charge in [0.15, 0.2) is 6.10 Å². The highest BCUT2D eigenvalue weighted by atomic mass is 16.6. The molecule has 6 nitrogen and oxygen atoms in total. The number of esters is 3. The first-order valence-corrected chi connectivity index (χ1v) is 20.0. The van der Waals surface area contributed by atoms with Gasteiger partial charge in [-0.05, 0) is 19.3 Å². The quantitative estimate of drug-likeness (QED) is 0.0381. The summed E-state index contributed by atoms with van der Waals surface area (Å²) in [6.07, 6.45) is 34.0. The zero-order valence-electron chi connectivity index (χ0n) is 30.9. The van der Waals surface area contributed by atoms with Crippen molar-refractivity contribution in [2.45, 2.75) is 226 Å². The van der Waals surface area contributed by atoms with Crippen molar-refractivity contribution in [2.75, 3.05) is 13.2 Å². The second-order valence-electron chi connectivity index (χ2n) is 13.6. The van der Waals surface area contributed by atoms with Crippen LogP contribution in [0.3, 0.4) is 0 Å². The highest BCUT2D eigenvalue weighted by Crippen LogP contribution is 2.15. The molecular formula is C40H76O6. The van der Waals surface area contributed by atoms with Gasteiger partial charge in [-0.15, -0.1) is 0 Å². The van der Waals surface area contributed by atoms with Gasteiger partial charge in [0.05, 0.1) is 0 Å². The van der Waals surface area contributed by atoms with Crippen LogP contribution in [0, 0.1) is 0 Å². The summed E-state index contributed by atoms with van der Waals surface area (Å²) in [5, 5.41) is 0. The lowest BCUT2D eigenvalue weighted by Crippen LogP contribution is -2.30. The van der Waals surface area contributed by atoms with Crippen molar-refractivity contribution < 1.29 is 28.6 Å². The molecule has 0 amide bonds. The number of ether oxygens (including phenoxy) is 3. The fourth-order valence-corrected chi connectivity index (χ4v) is 5.79. The van der Waals surface area contributed by atoms with Gasteiger partial charge >= 0.3 is 17.9 Å². The van der Waals surface area contributed by atoms with E-state index in [1.54, 1.807) is 0 Å². The maximum absolute atomic E-state index is 12.6. The number of carbonyl (C=O) groups excluding carboxylic acids is 3. The fraction of sp³-hybridized carbons (Fsp3) is 0.925. The zero-order valence-corrected chi connectivity index (χ0v) is 30.9. The molecule has 0 aromatic rings. The van der Waals surface area contributed by atoms with Gasteiger partial charge in [-0.3, -0.25) is 14.4 Å². The Morgan fingerprint density at radius 2 is 0.587 bits per heavy atom. The molecule has 0 spiro atoms. The second-order valence-corrected chi connectivity index (χ2v) is 13.6. The molecule has 0 rings (SSSR count). The minimum atomic E-state index is -0.754. The first kappa shape index (κ1) is 44.4. The molecule has 0 aliphatic carbocycles. The molecule has 0 bridgehead atoms. The summed E-state index contributed by atoms with van der Waals surface area (Å²) in [4.78, 5) is 37.2. The van der Waals surface area contributed by atoms with Crippen molar-refractivity contribution in [3.63, 3.8) is 0 Å². The average Bonchev–Trinajstić information content (AvgIpc) is 3.05. The Labute approximate surface area is 285 Å². The minimum Gasteiger partial charge on any atom is -0.462 e. The van der Waals surface area contributed by atoms with E-state index in [0.29, 0.717) is 19.3 Å². The standard InChI is InChI=1S/C40H76O6/c1-4-7-10-13-15-17-19-20-21-23-24-27-30-33-39(42)45-36-37(35-44-38(41)32-29-26-12-9-6-3)46-40(43)34-31-28-25-22-18-16-14-11-8-5-2/h37H,4-36H2,1-3H3/t37-/m1/s1. The highest BCUT2D eigenvalue weighted by Gasteiger charge is 2.19. The van der Waals surface area contributed by atoms with E-state index in [9.17, 15) is 14.4 Å². The summed E-state index contributed by atoms with van der Waals surface area (Å²) >= 11 is 0. The Hall–Kier alpha value is -1.59. The Kier molecular flexibility index (Phi) is 35.0. The Bertz CT molecular complexity index is 679. The number of hydrogen-bond acceptors (Lipinski definition) is 6. The molecule has 0 fully saturated rings. The maximum Gasteiger partial charge on any atom is 0.306 e. The molecule has 0 radical (unpaired) electrons. The summed E-state index contributed by atoms with van der Waals surface area (Å²) in [6, 6.07) is 0. The van der Waals surface area contributed by atoms with E-state index in [1.807, 2.05) is 0 Å². The predicted molar refractivity (Wildman–Crippen MR) is 192 cm³/mol. The molecule has 0 heterocycles. The van der Waals surface area contributed by atoms with Crippen molar-refractivity contribution in [3.05, 3.63) is 0 Å². The van der Waals surface area contributed by atoms with Crippen LogP contribution in [-0.2, 0) is 28.6 Å². The van der Waals surface area contributed by atoms with E-state index in [4.69, 9.17) is 14.2 Å².